The van der Waals surface area contributed by atoms with Gasteiger partial charge in [-0.15, -0.1) is 0 Å². The Hall–Kier alpha value is -0.0400. The summed E-state index contributed by atoms with van der Waals surface area (Å²) in [6.45, 7) is 6.04. The van der Waals surface area contributed by atoms with Crippen LogP contribution in [0.4, 0.5) is 0 Å². The molecule has 0 aliphatic heterocycles. The van der Waals surface area contributed by atoms with Crippen LogP contribution in [0.2, 0.25) is 0 Å². The summed E-state index contributed by atoms with van der Waals surface area (Å²) in [4.78, 5) is 0. The largest absolute Gasteiger partial charge is 0.314 e. The smallest absolute Gasteiger partial charge is 0.00683 e. The normalized spacial score (nSPS) is 24.2. The predicted octanol–water partition coefficient (Wildman–Crippen LogP) is 3.98. The molecule has 0 aromatic carbocycles. The van der Waals surface area contributed by atoms with Gasteiger partial charge in [0.1, 0.15) is 0 Å². The second-order valence-corrected chi connectivity index (χ2v) is 6.56. The van der Waals surface area contributed by atoms with Crippen molar-refractivity contribution in [3.05, 3.63) is 0 Å². The van der Waals surface area contributed by atoms with Crippen LogP contribution in [-0.4, -0.2) is 12.6 Å². The van der Waals surface area contributed by atoms with Crippen LogP contribution < -0.4 is 5.32 Å². The van der Waals surface area contributed by atoms with Gasteiger partial charge < -0.3 is 5.32 Å². The molecule has 0 amide bonds. The van der Waals surface area contributed by atoms with Crippen LogP contribution in [0.5, 0.6) is 0 Å². The van der Waals surface area contributed by atoms with Crippen LogP contribution in [0, 0.1) is 17.8 Å². The molecule has 1 heteroatoms. The summed E-state index contributed by atoms with van der Waals surface area (Å²) in [7, 11) is 0. The zero-order chi connectivity index (χ0) is 11.4. The summed E-state index contributed by atoms with van der Waals surface area (Å²) in [6.07, 6.45) is 11.8. The standard InChI is InChI=1S/C15H29N/c1-12(2)9-14(11-16-15-7-8-15)10-13-5-3-4-6-13/h12-16H,3-11H2,1-2H3. The van der Waals surface area contributed by atoms with Crippen molar-refractivity contribution >= 4 is 0 Å². The highest BCUT2D eigenvalue weighted by Gasteiger charge is 2.24. The quantitative estimate of drug-likeness (QED) is 0.688. The van der Waals surface area contributed by atoms with Crippen molar-refractivity contribution in [1.82, 2.24) is 5.32 Å². The van der Waals surface area contributed by atoms with E-state index in [1.165, 1.54) is 57.9 Å². The minimum Gasteiger partial charge on any atom is -0.314 e. The van der Waals surface area contributed by atoms with Crippen molar-refractivity contribution < 1.29 is 0 Å². The Balaban J connectivity index is 1.70. The summed E-state index contributed by atoms with van der Waals surface area (Å²) < 4.78 is 0. The Morgan fingerprint density at radius 1 is 1.06 bits per heavy atom. The number of hydrogen-bond donors (Lipinski definition) is 1. The third kappa shape index (κ3) is 4.45. The average Bonchev–Trinajstić information content (AvgIpc) is 2.92. The molecule has 2 saturated carbocycles. The van der Waals surface area contributed by atoms with E-state index < -0.39 is 0 Å². The van der Waals surface area contributed by atoms with E-state index in [4.69, 9.17) is 0 Å². The minimum atomic E-state index is 0.868. The predicted molar refractivity (Wildman–Crippen MR) is 70.5 cm³/mol. The van der Waals surface area contributed by atoms with E-state index in [0.717, 1.165) is 23.8 Å². The number of hydrogen-bond acceptors (Lipinski definition) is 1. The molecular weight excluding hydrogens is 194 g/mol. The highest BCUT2D eigenvalue weighted by atomic mass is 14.9. The van der Waals surface area contributed by atoms with Crippen LogP contribution >= 0.6 is 0 Å². The van der Waals surface area contributed by atoms with Gasteiger partial charge in [0.05, 0.1) is 0 Å². The monoisotopic (exact) mass is 223 g/mol. The van der Waals surface area contributed by atoms with E-state index in [1.54, 1.807) is 0 Å². The zero-order valence-corrected chi connectivity index (χ0v) is 11.2. The highest BCUT2D eigenvalue weighted by Crippen LogP contribution is 2.32. The van der Waals surface area contributed by atoms with Crippen molar-refractivity contribution in [2.24, 2.45) is 17.8 Å². The van der Waals surface area contributed by atoms with E-state index in [9.17, 15) is 0 Å². The Labute approximate surface area is 101 Å². The van der Waals surface area contributed by atoms with E-state index in [-0.39, 0.29) is 0 Å². The molecule has 2 aliphatic rings. The van der Waals surface area contributed by atoms with Gasteiger partial charge in [-0.05, 0) is 50.0 Å². The van der Waals surface area contributed by atoms with Crippen molar-refractivity contribution in [2.75, 3.05) is 6.54 Å². The van der Waals surface area contributed by atoms with Gasteiger partial charge in [-0.1, -0.05) is 39.5 Å². The molecule has 2 aliphatic carbocycles. The second kappa shape index (κ2) is 6.05. The maximum atomic E-state index is 3.74. The third-order valence-electron chi connectivity index (χ3n) is 4.22. The fraction of sp³-hybridized carbons (Fsp3) is 1.00. The fourth-order valence-electron chi connectivity index (χ4n) is 3.27. The molecule has 0 saturated heterocycles. The lowest BCUT2D eigenvalue weighted by Crippen LogP contribution is -2.27. The summed E-state index contributed by atoms with van der Waals surface area (Å²) in [5.74, 6) is 2.88. The van der Waals surface area contributed by atoms with Gasteiger partial charge >= 0.3 is 0 Å². The Morgan fingerprint density at radius 2 is 1.75 bits per heavy atom. The van der Waals surface area contributed by atoms with Gasteiger partial charge in [0.15, 0.2) is 0 Å². The van der Waals surface area contributed by atoms with Crippen molar-refractivity contribution in [1.29, 1.82) is 0 Å². The molecule has 0 spiro atoms. The summed E-state index contributed by atoms with van der Waals surface area (Å²) in [5, 5.41) is 3.74. The van der Waals surface area contributed by atoms with Crippen molar-refractivity contribution in [3.8, 4) is 0 Å². The summed E-state index contributed by atoms with van der Waals surface area (Å²) in [5.41, 5.74) is 0. The molecule has 0 bridgehead atoms. The van der Waals surface area contributed by atoms with Gasteiger partial charge in [0.2, 0.25) is 0 Å². The highest BCUT2D eigenvalue weighted by molar-refractivity contribution is 4.83. The Kier molecular flexibility index (Phi) is 4.69. The van der Waals surface area contributed by atoms with Gasteiger partial charge in [-0.25, -0.2) is 0 Å². The third-order valence-corrected chi connectivity index (χ3v) is 4.22. The van der Waals surface area contributed by atoms with Gasteiger partial charge in [-0.3, -0.25) is 0 Å². The summed E-state index contributed by atoms with van der Waals surface area (Å²) in [6, 6.07) is 0.887. The van der Waals surface area contributed by atoms with Crippen LogP contribution in [-0.2, 0) is 0 Å². The minimum absolute atomic E-state index is 0.868. The first kappa shape index (κ1) is 12.4. The molecule has 1 atom stereocenters. The first-order chi connectivity index (χ1) is 7.74. The van der Waals surface area contributed by atoms with Crippen LogP contribution in [0.1, 0.15) is 65.2 Å². The molecule has 0 aromatic rings. The SMILES string of the molecule is CC(C)CC(CNC1CC1)CC1CCCC1. The maximum Gasteiger partial charge on any atom is 0.00683 e. The fourth-order valence-corrected chi connectivity index (χ4v) is 3.27. The number of rotatable bonds is 7. The Morgan fingerprint density at radius 3 is 2.31 bits per heavy atom. The van der Waals surface area contributed by atoms with Crippen molar-refractivity contribution in [3.63, 3.8) is 0 Å². The summed E-state index contributed by atoms with van der Waals surface area (Å²) >= 11 is 0. The molecule has 1 N–H and O–H groups in total. The number of nitrogens with one attached hydrogen (secondary N) is 1. The molecule has 1 nitrogen and oxygen atoms in total. The zero-order valence-electron chi connectivity index (χ0n) is 11.2. The molecule has 0 radical (unpaired) electrons. The lowest BCUT2D eigenvalue weighted by Gasteiger charge is -2.22. The van der Waals surface area contributed by atoms with Crippen molar-refractivity contribution in [2.45, 2.75) is 71.3 Å². The topological polar surface area (TPSA) is 12.0 Å². The lowest BCUT2D eigenvalue weighted by atomic mass is 9.87. The van der Waals surface area contributed by atoms with E-state index >= 15 is 0 Å². The van der Waals surface area contributed by atoms with Gasteiger partial charge in [-0.2, -0.15) is 0 Å². The van der Waals surface area contributed by atoms with Crippen LogP contribution in [0.3, 0.4) is 0 Å². The lowest BCUT2D eigenvalue weighted by molar-refractivity contribution is 0.310. The van der Waals surface area contributed by atoms with E-state index in [2.05, 4.69) is 19.2 Å². The first-order valence-corrected chi connectivity index (χ1v) is 7.47. The molecule has 2 rings (SSSR count). The van der Waals surface area contributed by atoms with Crippen LogP contribution in [0.15, 0.2) is 0 Å². The van der Waals surface area contributed by atoms with Crippen LogP contribution in [0.25, 0.3) is 0 Å². The Bertz CT molecular complexity index is 190. The maximum absolute atomic E-state index is 3.74. The molecule has 2 fully saturated rings. The molecule has 16 heavy (non-hydrogen) atoms. The van der Waals surface area contributed by atoms with E-state index in [0.29, 0.717) is 0 Å². The van der Waals surface area contributed by atoms with Gasteiger partial charge in [0.25, 0.3) is 0 Å². The molecule has 0 aromatic heterocycles. The van der Waals surface area contributed by atoms with E-state index in [1.807, 2.05) is 0 Å². The first-order valence-electron chi connectivity index (χ1n) is 7.47. The second-order valence-electron chi connectivity index (χ2n) is 6.56. The molecule has 94 valence electrons. The average molecular weight is 223 g/mol. The van der Waals surface area contributed by atoms with Gasteiger partial charge in [0, 0.05) is 6.04 Å². The molecule has 0 heterocycles. The molecule has 1 unspecified atom stereocenters. The molecular formula is C15H29N.